The molecule has 204 valence electrons. The lowest BCUT2D eigenvalue weighted by atomic mass is 10.0. The number of aromatic amines is 1. The maximum Gasteiger partial charge on any atom is 0.268 e. The van der Waals surface area contributed by atoms with Crippen molar-refractivity contribution in [2.45, 2.75) is 16.2 Å². The molecule has 0 fully saturated rings. The Balaban J connectivity index is 1.38. The topological polar surface area (TPSA) is 94.3 Å². The number of fused-ring (bicyclic) bond motifs is 2. The highest BCUT2D eigenvalue weighted by molar-refractivity contribution is 7.99. The molecule has 0 unspecified atom stereocenters. The van der Waals surface area contributed by atoms with Gasteiger partial charge in [-0.1, -0.05) is 78.3 Å². The van der Waals surface area contributed by atoms with Crippen LogP contribution in [0.3, 0.4) is 0 Å². The van der Waals surface area contributed by atoms with E-state index in [0.717, 1.165) is 21.4 Å². The van der Waals surface area contributed by atoms with E-state index in [1.165, 1.54) is 16.7 Å². The number of halogens is 1. The third-order valence-corrected chi connectivity index (χ3v) is 8.46. The predicted octanol–water partition coefficient (Wildman–Crippen LogP) is 6.44. The molecule has 9 heteroatoms. The van der Waals surface area contributed by atoms with Crippen molar-refractivity contribution in [3.63, 3.8) is 0 Å². The number of hydrogen-bond acceptors (Lipinski definition) is 4. The number of nitrogens with zero attached hydrogens (tertiary/aromatic N) is 1. The number of anilines is 2. The number of carbonyl (C=O) groups is 3. The number of amides is 3. The number of H-pyrrole nitrogens is 1. The largest absolute Gasteiger partial charge is 0.351 e. The summed E-state index contributed by atoms with van der Waals surface area (Å²) in [5.41, 5.74) is 3.19. The van der Waals surface area contributed by atoms with Crippen molar-refractivity contribution in [2.75, 3.05) is 16.8 Å². The molecule has 1 aliphatic heterocycles. The van der Waals surface area contributed by atoms with Crippen LogP contribution in [0.25, 0.3) is 10.9 Å². The van der Waals surface area contributed by atoms with Gasteiger partial charge in [0.15, 0.2) is 0 Å². The first kappa shape index (κ1) is 26.7. The lowest BCUT2D eigenvalue weighted by Crippen LogP contribution is -2.52. The molecular formula is C32H25ClN4O3S. The minimum absolute atomic E-state index is 0.247. The van der Waals surface area contributed by atoms with Crippen molar-refractivity contribution < 1.29 is 14.4 Å². The number of benzene rings is 4. The summed E-state index contributed by atoms with van der Waals surface area (Å²) in [5.74, 6) is -1.19. The molecule has 4 aromatic carbocycles. The molecule has 3 amide bonds. The SMILES string of the molecule is O=C(CN1C(=O)[C@@H](NC(=O)c2cc3ccccc3[nH]2)[C@H](c2ccccc2)Sc2cc(Cl)ccc21)Nc1ccccc1. The first-order valence-electron chi connectivity index (χ1n) is 13.0. The molecule has 7 nitrogen and oxygen atoms in total. The second kappa shape index (κ2) is 11.5. The molecule has 0 bridgehead atoms. The van der Waals surface area contributed by atoms with Gasteiger partial charge in [0, 0.05) is 26.5 Å². The van der Waals surface area contributed by atoms with Crippen LogP contribution in [0.2, 0.25) is 5.02 Å². The summed E-state index contributed by atoms with van der Waals surface area (Å²) in [6, 6.07) is 32.2. The molecule has 41 heavy (non-hydrogen) atoms. The second-order valence-corrected chi connectivity index (χ2v) is 11.2. The molecule has 1 aromatic heterocycles. The third kappa shape index (κ3) is 5.70. The van der Waals surface area contributed by atoms with Gasteiger partial charge in [-0.2, -0.15) is 0 Å². The monoisotopic (exact) mass is 580 g/mol. The summed E-state index contributed by atoms with van der Waals surface area (Å²) in [6.07, 6.45) is 0. The maximum absolute atomic E-state index is 14.4. The average molecular weight is 581 g/mol. The molecular weight excluding hydrogens is 556 g/mol. The summed E-state index contributed by atoms with van der Waals surface area (Å²) >= 11 is 7.82. The van der Waals surface area contributed by atoms with E-state index in [2.05, 4.69) is 15.6 Å². The van der Waals surface area contributed by atoms with Gasteiger partial charge in [0.25, 0.3) is 11.8 Å². The number of nitrogens with one attached hydrogen (secondary N) is 3. The molecule has 1 aliphatic rings. The zero-order valence-corrected chi connectivity index (χ0v) is 23.3. The molecule has 0 aliphatic carbocycles. The number of hydrogen-bond donors (Lipinski definition) is 3. The number of thioether (sulfide) groups is 1. The summed E-state index contributed by atoms with van der Waals surface area (Å²) in [6.45, 7) is -0.247. The van der Waals surface area contributed by atoms with Gasteiger partial charge >= 0.3 is 0 Å². The highest BCUT2D eigenvalue weighted by atomic mass is 35.5. The zero-order valence-electron chi connectivity index (χ0n) is 21.7. The molecule has 0 saturated carbocycles. The fourth-order valence-electron chi connectivity index (χ4n) is 4.91. The summed E-state index contributed by atoms with van der Waals surface area (Å²) in [7, 11) is 0. The Morgan fingerprint density at radius 3 is 2.34 bits per heavy atom. The number of rotatable bonds is 6. The van der Waals surface area contributed by atoms with Crippen molar-refractivity contribution >= 4 is 63.4 Å². The van der Waals surface area contributed by atoms with Crippen LogP contribution in [0.1, 0.15) is 21.3 Å². The van der Waals surface area contributed by atoms with Gasteiger partial charge in [0.2, 0.25) is 5.91 Å². The smallest absolute Gasteiger partial charge is 0.268 e. The van der Waals surface area contributed by atoms with Crippen LogP contribution in [0.4, 0.5) is 11.4 Å². The van der Waals surface area contributed by atoms with E-state index >= 15 is 0 Å². The van der Waals surface area contributed by atoms with Crippen molar-refractivity contribution in [3.05, 3.63) is 125 Å². The van der Waals surface area contributed by atoms with Crippen LogP contribution >= 0.6 is 23.4 Å². The van der Waals surface area contributed by atoms with E-state index in [1.807, 2.05) is 72.8 Å². The third-order valence-electron chi connectivity index (χ3n) is 6.85. The minimum atomic E-state index is -0.989. The fourth-order valence-corrected chi connectivity index (χ4v) is 6.53. The Labute approximate surface area is 245 Å². The highest BCUT2D eigenvalue weighted by Crippen LogP contribution is 2.46. The molecule has 2 heterocycles. The first-order valence-corrected chi connectivity index (χ1v) is 14.3. The number of aromatic nitrogens is 1. The number of carbonyl (C=O) groups excluding carboxylic acids is 3. The first-order chi connectivity index (χ1) is 20.0. The van der Waals surface area contributed by atoms with E-state index in [9.17, 15) is 14.4 Å². The van der Waals surface area contributed by atoms with Gasteiger partial charge in [0.1, 0.15) is 18.3 Å². The average Bonchev–Trinajstić information content (AvgIpc) is 3.39. The summed E-state index contributed by atoms with van der Waals surface area (Å²) in [5, 5.41) is 6.75. The molecule has 5 aromatic rings. The van der Waals surface area contributed by atoms with Gasteiger partial charge < -0.3 is 20.5 Å². The molecule has 0 saturated heterocycles. The van der Waals surface area contributed by atoms with E-state index in [4.69, 9.17) is 11.6 Å². The van der Waals surface area contributed by atoms with Crippen molar-refractivity contribution in [2.24, 2.45) is 0 Å². The van der Waals surface area contributed by atoms with Gasteiger partial charge in [-0.15, -0.1) is 11.8 Å². The Hall–Kier alpha value is -4.53. The zero-order chi connectivity index (χ0) is 28.3. The van der Waals surface area contributed by atoms with Gasteiger partial charge in [-0.25, -0.2) is 0 Å². The van der Waals surface area contributed by atoms with Crippen LogP contribution in [0.5, 0.6) is 0 Å². The van der Waals surface area contributed by atoms with Crippen molar-refractivity contribution in [3.8, 4) is 0 Å². The van der Waals surface area contributed by atoms with Crippen LogP contribution in [-0.4, -0.2) is 35.3 Å². The van der Waals surface area contributed by atoms with Gasteiger partial charge in [-0.05, 0) is 48.0 Å². The van der Waals surface area contributed by atoms with E-state index in [0.29, 0.717) is 22.1 Å². The second-order valence-electron chi connectivity index (χ2n) is 9.62. The van der Waals surface area contributed by atoms with Crippen LogP contribution < -0.4 is 15.5 Å². The Morgan fingerprint density at radius 1 is 0.878 bits per heavy atom. The van der Waals surface area contributed by atoms with E-state index in [1.54, 1.807) is 36.4 Å². The van der Waals surface area contributed by atoms with E-state index < -0.39 is 23.1 Å². The minimum Gasteiger partial charge on any atom is -0.351 e. The fraction of sp³-hybridized carbons (Fsp3) is 0.0938. The Morgan fingerprint density at radius 2 is 1.59 bits per heavy atom. The lowest BCUT2D eigenvalue weighted by molar-refractivity contribution is -0.123. The van der Waals surface area contributed by atoms with Gasteiger partial charge in [0.05, 0.1) is 10.9 Å². The normalized spacial score (nSPS) is 16.6. The predicted molar refractivity (Wildman–Crippen MR) is 163 cm³/mol. The Bertz CT molecular complexity index is 1710. The molecule has 6 rings (SSSR count). The lowest BCUT2D eigenvalue weighted by Gasteiger charge is -2.28. The van der Waals surface area contributed by atoms with Gasteiger partial charge in [-0.3, -0.25) is 14.4 Å². The van der Waals surface area contributed by atoms with Crippen molar-refractivity contribution in [1.82, 2.24) is 10.3 Å². The number of para-hydroxylation sites is 2. The van der Waals surface area contributed by atoms with Crippen LogP contribution in [0.15, 0.2) is 114 Å². The molecule has 0 radical (unpaired) electrons. The molecule has 2 atom stereocenters. The molecule has 0 spiro atoms. The summed E-state index contributed by atoms with van der Waals surface area (Å²) in [4.78, 5) is 46.5. The van der Waals surface area contributed by atoms with Crippen LogP contribution in [0, 0.1) is 0 Å². The Kier molecular flexibility index (Phi) is 7.50. The quantitative estimate of drug-likeness (QED) is 0.215. The highest BCUT2D eigenvalue weighted by Gasteiger charge is 2.40. The van der Waals surface area contributed by atoms with Crippen molar-refractivity contribution in [1.29, 1.82) is 0 Å². The summed E-state index contributed by atoms with van der Waals surface area (Å²) < 4.78 is 0. The molecule has 3 N–H and O–H groups in total. The van der Waals surface area contributed by atoms with E-state index in [-0.39, 0.29) is 12.5 Å². The standard InChI is InChI=1S/C32H25ClN4O3S/c33-22-15-16-26-27(18-22)41-30(20-9-3-1-4-10-20)29(36-31(39)25-17-21-11-7-8-14-24(21)35-25)32(40)37(26)19-28(38)34-23-12-5-2-6-13-23/h1-18,29-30,35H,19H2,(H,34,38)(H,36,39)/t29-,30-/m0/s1. The van der Waals surface area contributed by atoms with Crippen LogP contribution in [-0.2, 0) is 9.59 Å². The maximum atomic E-state index is 14.4.